The maximum Gasteiger partial charge on any atom is 0.326 e. The predicted octanol–water partition coefficient (Wildman–Crippen LogP) is 0.551. The zero-order valence-corrected chi connectivity index (χ0v) is 10.1. The van der Waals surface area contributed by atoms with E-state index in [9.17, 15) is 23.2 Å². The second-order valence-electron chi connectivity index (χ2n) is 3.93. The molecule has 1 rings (SSSR count). The molecule has 1 unspecified atom stereocenters. The number of halogens is 2. The number of carboxylic acid groups (broad SMARTS) is 2. The van der Waals surface area contributed by atoms with Crippen LogP contribution in [0.4, 0.5) is 8.78 Å². The second-order valence-corrected chi connectivity index (χ2v) is 3.93. The van der Waals surface area contributed by atoms with Crippen LogP contribution in [0.3, 0.4) is 0 Å². The number of carboxylic acids is 2. The minimum atomic E-state index is -1.66. The summed E-state index contributed by atoms with van der Waals surface area (Å²) in [5.74, 6) is -5.83. The monoisotopic (exact) mass is 287 g/mol. The van der Waals surface area contributed by atoms with Gasteiger partial charge < -0.3 is 15.5 Å². The van der Waals surface area contributed by atoms with E-state index in [4.69, 9.17) is 10.2 Å². The van der Waals surface area contributed by atoms with Gasteiger partial charge in [-0.05, 0) is 12.1 Å². The molecule has 0 radical (unpaired) electrons. The van der Waals surface area contributed by atoms with E-state index in [0.29, 0.717) is 0 Å². The fraction of sp³-hybridized carbons (Fsp3) is 0.250. The van der Waals surface area contributed by atoms with Gasteiger partial charge in [0, 0.05) is 5.56 Å². The number of carbonyl (C=O) groups excluding carboxylic acids is 1. The summed E-state index contributed by atoms with van der Waals surface area (Å²) in [6, 6.07) is 1.38. The van der Waals surface area contributed by atoms with Crippen LogP contribution in [-0.2, 0) is 20.8 Å². The molecule has 0 heterocycles. The minimum Gasteiger partial charge on any atom is -0.481 e. The number of nitrogens with one attached hydrogen (secondary N) is 1. The lowest BCUT2D eigenvalue weighted by Gasteiger charge is -2.12. The van der Waals surface area contributed by atoms with Gasteiger partial charge in [-0.3, -0.25) is 9.59 Å². The van der Waals surface area contributed by atoms with Crippen LogP contribution in [0.25, 0.3) is 0 Å². The molecule has 108 valence electrons. The van der Waals surface area contributed by atoms with E-state index in [1.807, 2.05) is 5.32 Å². The Morgan fingerprint density at radius 2 is 1.70 bits per heavy atom. The zero-order valence-electron chi connectivity index (χ0n) is 10.1. The quantitative estimate of drug-likeness (QED) is 0.709. The molecule has 1 amide bonds. The Bertz CT molecular complexity index is 526. The lowest BCUT2D eigenvalue weighted by atomic mass is 10.1. The third-order valence-electron chi connectivity index (χ3n) is 2.41. The van der Waals surface area contributed by atoms with Crippen molar-refractivity contribution >= 4 is 17.8 Å². The maximum atomic E-state index is 13.3. The van der Waals surface area contributed by atoms with Crippen molar-refractivity contribution < 1.29 is 33.4 Å². The molecule has 0 spiro atoms. The van der Waals surface area contributed by atoms with Crippen LogP contribution in [-0.4, -0.2) is 34.1 Å². The van der Waals surface area contributed by atoms with Crippen molar-refractivity contribution in [2.24, 2.45) is 0 Å². The average Bonchev–Trinajstić information content (AvgIpc) is 2.32. The summed E-state index contributed by atoms with van der Waals surface area (Å²) in [5, 5.41) is 19.1. The number of hydrogen-bond acceptors (Lipinski definition) is 3. The largest absolute Gasteiger partial charge is 0.481 e. The molecule has 3 N–H and O–H groups in total. The zero-order chi connectivity index (χ0) is 15.3. The Morgan fingerprint density at radius 3 is 2.15 bits per heavy atom. The molecule has 1 aromatic rings. The van der Waals surface area contributed by atoms with E-state index in [0.717, 1.165) is 18.2 Å². The lowest BCUT2D eigenvalue weighted by molar-refractivity contribution is -0.147. The Labute approximate surface area is 112 Å². The van der Waals surface area contributed by atoms with E-state index in [1.165, 1.54) is 0 Å². The van der Waals surface area contributed by atoms with E-state index < -0.39 is 53.9 Å². The van der Waals surface area contributed by atoms with Crippen molar-refractivity contribution in [3.05, 3.63) is 35.4 Å². The first-order valence-corrected chi connectivity index (χ1v) is 5.48. The average molecular weight is 287 g/mol. The van der Waals surface area contributed by atoms with Gasteiger partial charge in [0.15, 0.2) is 0 Å². The Morgan fingerprint density at radius 1 is 1.15 bits per heavy atom. The van der Waals surface area contributed by atoms with Crippen LogP contribution in [0.1, 0.15) is 12.0 Å². The molecule has 0 aliphatic heterocycles. The molecule has 8 heteroatoms. The third-order valence-corrected chi connectivity index (χ3v) is 2.41. The third kappa shape index (κ3) is 4.30. The van der Waals surface area contributed by atoms with E-state index >= 15 is 0 Å². The van der Waals surface area contributed by atoms with Gasteiger partial charge in [-0.25, -0.2) is 13.6 Å². The number of rotatable bonds is 6. The van der Waals surface area contributed by atoms with Crippen LogP contribution in [0.2, 0.25) is 0 Å². The molecule has 6 nitrogen and oxygen atoms in total. The molecular formula is C12H11F2NO5. The van der Waals surface area contributed by atoms with Crippen LogP contribution in [0.5, 0.6) is 0 Å². The highest BCUT2D eigenvalue weighted by atomic mass is 19.1. The molecule has 0 aromatic heterocycles. The van der Waals surface area contributed by atoms with Gasteiger partial charge in [0.05, 0.1) is 12.8 Å². The molecule has 0 saturated heterocycles. The van der Waals surface area contributed by atoms with Crippen LogP contribution < -0.4 is 5.32 Å². The first kappa shape index (κ1) is 15.5. The minimum absolute atomic E-state index is 0.510. The summed E-state index contributed by atoms with van der Waals surface area (Å²) in [6.45, 7) is 0. The van der Waals surface area contributed by atoms with Crippen molar-refractivity contribution in [3.8, 4) is 0 Å². The van der Waals surface area contributed by atoms with Gasteiger partial charge >= 0.3 is 11.9 Å². The van der Waals surface area contributed by atoms with Crippen molar-refractivity contribution in [1.29, 1.82) is 0 Å². The summed E-state index contributed by atoms with van der Waals surface area (Å²) in [6.07, 6.45) is -1.55. The van der Waals surface area contributed by atoms with Crippen molar-refractivity contribution in [3.63, 3.8) is 0 Å². The van der Waals surface area contributed by atoms with E-state index in [-0.39, 0.29) is 0 Å². The number of amides is 1. The Kier molecular flexibility index (Phi) is 5.13. The van der Waals surface area contributed by atoms with Crippen LogP contribution in [0.15, 0.2) is 18.2 Å². The van der Waals surface area contributed by atoms with Crippen molar-refractivity contribution in [2.45, 2.75) is 18.9 Å². The summed E-state index contributed by atoms with van der Waals surface area (Å²) >= 11 is 0. The fourth-order valence-electron chi connectivity index (χ4n) is 1.48. The van der Waals surface area contributed by atoms with Crippen LogP contribution in [0, 0.1) is 11.6 Å². The van der Waals surface area contributed by atoms with E-state index in [1.54, 1.807) is 0 Å². The molecule has 0 aliphatic rings. The van der Waals surface area contributed by atoms with Gasteiger partial charge in [-0.15, -0.1) is 0 Å². The summed E-state index contributed by atoms with van der Waals surface area (Å²) in [4.78, 5) is 32.7. The molecule has 20 heavy (non-hydrogen) atoms. The maximum absolute atomic E-state index is 13.3. The number of hydrogen-bond donors (Lipinski definition) is 3. The van der Waals surface area contributed by atoms with Crippen LogP contribution >= 0.6 is 0 Å². The normalized spacial score (nSPS) is 11.7. The van der Waals surface area contributed by atoms with Gasteiger partial charge in [-0.2, -0.15) is 0 Å². The van der Waals surface area contributed by atoms with E-state index in [2.05, 4.69) is 0 Å². The number of carbonyl (C=O) groups is 3. The SMILES string of the molecule is O=C(O)CC(NC(=O)Cc1c(F)cccc1F)C(=O)O. The van der Waals surface area contributed by atoms with Gasteiger partial charge in [-0.1, -0.05) is 6.07 Å². The molecule has 0 aliphatic carbocycles. The molecule has 0 bridgehead atoms. The van der Waals surface area contributed by atoms with Crippen molar-refractivity contribution in [1.82, 2.24) is 5.32 Å². The Hall–Kier alpha value is -2.51. The van der Waals surface area contributed by atoms with Gasteiger partial charge in [0.1, 0.15) is 17.7 Å². The fourth-order valence-corrected chi connectivity index (χ4v) is 1.48. The molecule has 0 saturated carbocycles. The standard InChI is InChI=1S/C12H11F2NO5/c13-7-2-1-3-8(14)6(7)4-10(16)15-9(12(19)20)5-11(17)18/h1-3,9H,4-5H2,(H,15,16)(H,17,18)(H,19,20). The summed E-state index contributed by atoms with van der Waals surface area (Å²) in [7, 11) is 0. The Balaban J connectivity index is 2.76. The second kappa shape index (κ2) is 6.60. The smallest absolute Gasteiger partial charge is 0.326 e. The molecule has 1 aromatic carbocycles. The number of benzene rings is 1. The highest BCUT2D eigenvalue weighted by Crippen LogP contribution is 2.12. The van der Waals surface area contributed by atoms with Gasteiger partial charge in [0.2, 0.25) is 5.91 Å². The van der Waals surface area contributed by atoms with Crippen molar-refractivity contribution in [2.75, 3.05) is 0 Å². The first-order valence-electron chi connectivity index (χ1n) is 5.48. The molecular weight excluding hydrogens is 276 g/mol. The van der Waals surface area contributed by atoms with Gasteiger partial charge in [0.25, 0.3) is 0 Å². The molecule has 0 fully saturated rings. The highest BCUT2D eigenvalue weighted by molar-refractivity contribution is 5.87. The topological polar surface area (TPSA) is 104 Å². The highest BCUT2D eigenvalue weighted by Gasteiger charge is 2.24. The lowest BCUT2D eigenvalue weighted by Crippen LogP contribution is -2.43. The first-order chi connectivity index (χ1) is 9.31. The summed E-state index contributed by atoms with van der Waals surface area (Å²) in [5.41, 5.74) is -0.510. The number of aliphatic carboxylic acids is 2. The summed E-state index contributed by atoms with van der Waals surface area (Å²) < 4.78 is 26.6. The molecule has 1 atom stereocenters. The predicted molar refractivity (Wildman–Crippen MR) is 61.9 cm³/mol.